The highest BCUT2D eigenvalue weighted by Gasteiger charge is 2.38. The second-order valence-electron chi connectivity index (χ2n) is 8.02. The van der Waals surface area contributed by atoms with E-state index in [-0.39, 0.29) is 6.10 Å². The molecule has 1 fully saturated rings. The summed E-state index contributed by atoms with van der Waals surface area (Å²) in [5.74, 6) is 1.28. The molecule has 0 radical (unpaired) electrons. The Kier molecular flexibility index (Phi) is 6.23. The van der Waals surface area contributed by atoms with Crippen molar-refractivity contribution in [3.05, 3.63) is 65.2 Å². The number of methoxy groups -OCH3 is 1. The SMILES string of the molecule is COc1ccc(C(C)CCC2COC(C)(c3ccc(C(C)C)cc3)O2)cc1. The maximum absolute atomic E-state index is 6.32. The molecule has 27 heavy (non-hydrogen) atoms. The van der Waals surface area contributed by atoms with Crippen molar-refractivity contribution in [3.63, 3.8) is 0 Å². The van der Waals surface area contributed by atoms with E-state index in [4.69, 9.17) is 14.2 Å². The van der Waals surface area contributed by atoms with E-state index in [1.165, 1.54) is 11.1 Å². The highest BCUT2D eigenvalue weighted by molar-refractivity contribution is 5.29. The van der Waals surface area contributed by atoms with Crippen LogP contribution < -0.4 is 4.74 Å². The van der Waals surface area contributed by atoms with Crippen LogP contribution in [0, 0.1) is 0 Å². The summed E-state index contributed by atoms with van der Waals surface area (Å²) < 4.78 is 17.6. The van der Waals surface area contributed by atoms with Gasteiger partial charge in [-0.25, -0.2) is 0 Å². The molecule has 1 saturated heterocycles. The van der Waals surface area contributed by atoms with E-state index in [1.807, 2.05) is 19.1 Å². The fourth-order valence-corrected chi connectivity index (χ4v) is 3.64. The van der Waals surface area contributed by atoms with Crippen LogP contribution in [0.5, 0.6) is 5.75 Å². The average Bonchev–Trinajstić information content (AvgIpc) is 3.08. The van der Waals surface area contributed by atoms with Gasteiger partial charge in [-0.05, 0) is 54.9 Å². The lowest BCUT2D eigenvalue weighted by atomic mass is 9.95. The maximum atomic E-state index is 6.32. The van der Waals surface area contributed by atoms with Crippen molar-refractivity contribution in [2.24, 2.45) is 0 Å². The van der Waals surface area contributed by atoms with E-state index in [9.17, 15) is 0 Å². The summed E-state index contributed by atoms with van der Waals surface area (Å²) in [4.78, 5) is 0. The van der Waals surface area contributed by atoms with Gasteiger partial charge in [-0.15, -0.1) is 0 Å². The van der Waals surface area contributed by atoms with Crippen LogP contribution in [0.2, 0.25) is 0 Å². The summed E-state index contributed by atoms with van der Waals surface area (Å²) >= 11 is 0. The fourth-order valence-electron chi connectivity index (χ4n) is 3.64. The zero-order chi connectivity index (χ0) is 19.4. The van der Waals surface area contributed by atoms with Crippen LogP contribution in [-0.2, 0) is 15.3 Å². The van der Waals surface area contributed by atoms with E-state index in [2.05, 4.69) is 57.2 Å². The standard InChI is InChI=1S/C24H32O3/c1-17(2)19-7-11-21(12-8-19)24(4)26-16-23(27-24)13-6-18(3)20-9-14-22(25-5)15-10-20/h7-12,14-15,17-18,23H,6,13,16H2,1-5H3. The van der Waals surface area contributed by atoms with Crippen LogP contribution >= 0.6 is 0 Å². The van der Waals surface area contributed by atoms with Crippen LogP contribution in [0.3, 0.4) is 0 Å². The molecule has 0 N–H and O–H groups in total. The molecule has 3 rings (SSSR count). The molecule has 2 aromatic rings. The molecule has 0 bridgehead atoms. The average molecular weight is 369 g/mol. The van der Waals surface area contributed by atoms with Gasteiger partial charge in [0.15, 0.2) is 5.79 Å². The van der Waals surface area contributed by atoms with E-state index in [0.29, 0.717) is 18.4 Å². The first kappa shape index (κ1) is 19.9. The van der Waals surface area contributed by atoms with E-state index < -0.39 is 5.79 Å². The Labute approximate surface area is 163 Å². The molecule has 0 aromatic heterocycles. The first-order valence-electron chi connectivity index (χ1n) is 9.97. The molecule has 0 amide bonds. The van der Waals surface area contributed by atoms with E-state index in [1.54, 1.807) is 7.11 Å². The largest absolute Gasteiger partial charge is 0.497 e. The summed E-state index contributed by atoms with van der Waals surface area (Å²) in [5.41, 5.74) is 3.77. The number of hydrogen-bond acceptors (Lipinski definition) is 3. The topological polar surface area (TPSA) is 27.7 Å². The summed E-state index contributed by atoms with van der Waals surface area (Å²) in [6, 6.07) is 17.0. The van der Waals surface area contributed by atoms with Gasteiger partial charge in [-0.3, -0.25) is 0 Å². The zero-order valence-corrected chi connectivity index (χ0v) is 17.2. The summed E-state index contributed by atoms with van der Waals surface area (Å²) in [7, 11) is 1.70. The van der Waals surface area contributed by atoms with Crippen molar-refractivity contribution >= 4 is 0 Å². The number of rotatable bonds is 7. The molecule has 0 spiro atoms. The van der Waals surface area contributed by atoms with Gasteiger partial charge in [0.25, 0.3) is 0 Å². The number of ether oxygens (including phenoxy) is 3. The van der Waals surface area contributed by atoms with Crippen molar-refractivity contribution in [3.8, 4) is 5.75 Å². The molecule has 3 nitrogen and oxygen atoms in total. The molecule has 3 unspecified atom stereocenters. The van der Waals surface area contributed by atoms with Crippen LogP contribution in [0.1, 0.15) is 69.1 Å². The molecule has 146 valence electrons. The normalized spacial score (nSPS) is 23.6. The van der Waals surface area contributed by atoms with Crippen LogP contribution in [0.25, 0.3) is 0 Å². The molecule has 0 aliphatic carbocycles. The summed E-state index contributed by atoms with van der Waals surface area (Å²) in [5, 5.41) is 0. The number of benzene rings is 2. The molecule has 1 aliphatic heterocycles. The van der Waals surface area contributed by atoms with Crippen molar-refractivity contribution in [1.29, 1.82) is 0 Å². The van der Waals surface area contributed by atoms with Crippen LogP contribution in [0.15, 0.2) is 48.5 Å². The monoisotopic (exact) mass is 368 g/mol. The molecule has 3 heteroatoms. The smallest absolute Gasteiger partial charge is 0.192 e. The Hall–Kier alpha value is -1.84. The van der Waals surface area contributed by atoms with E-state index >= 15 is 0 Å². The molecule has 2 aromatic carbocycles. The molecule has 1 heterocycles. The molecular formula is C24H32O3. The summed E-state index contributed by atoms with van der Waals surface area (Å²) in [6.45, 7) is 9.36. The summed E-state index contributed by atoms with van der Waals surface area (Å²) in [6.07, 6.45) is 2.20. The van der Waals surface area contributed by atoms with Gasteiger partial charge in [0, 0.05) is 5.56 Å². The van der Waals surface area contributed by atoms with Gasteiger partial charge in [0.1, 0.15) is 5.75 Å². The second-order valence-corrected chi connectivity index (χ2v) is 8.02. The van der Waals surface area contributed by atoms with Gasteiger partial charge < -0.3 is 14.2 Å². The van der Waals surface area contributed by atoms with Gasteiger partial charge >= 0.3 is 0 Å². The Morgan fingerprint density at radius 1 is 1.00 bits per heavy atom. The first-order chi connectivity index (χ1) is 12.9. The lowest BCUT2D eigenvalue weighted by Crippen LogP contribution is -2.24. The molecule has 0 saturated carbocycles. The van der Waals surface area contributed by atoms with Gasteiger partial charge in [-0.1, -0.05) is 57.2 Å². The molecular weight excluding hydrogens is 336 g/mol. The Morgan fingerprint density at radius 3 is 2.22 bits per heavy atom. The van der Waals surface area contributed by atoms with Gasteiger partial charge in [0.05, 0.1) is 19.8 Å². The quantitative estimate of drug-likeness (QED) is 0.601. The first-order valence-corrected chi connectivity index (χ1v) is 9.97. The Morgan fingerprint density at radius 2 is 1.63 bits per heavy atom. The molecule has 3 atom stereocenters. The highest BCUT2D eigenvalue weighted by atomic mass is 16.7. The fraction of sp³-hybridized carbons (Fsp3) is 0.500. The minimum atomic E-state index is -0.635. The third kappa shape index (κ3) is 4.72. The van der Waals surface area contributed by atoms with Crippen molar-refractivity contribution in [2.45, 2.75) is 64.3 Å². The van der Waals surface area contributed by atoms with Crippen molar-refractivity contribution in [1.82, 2.24) is 0 Å². The third-order valence-electron chi connectivity index (χ3n) is 5.64. The predicted molar refractivity (Wildman–Crippen MR) is 109 cm³/mol. The second kappa shape index (κ2) is 8.45. The highest BCUT2D eigenvalue weighted by Crippen LogP contribution is 2.36. The minimum Gasteiger partial charge on any atom is -0.497 e. The van der Waals surface area contributed by atoms with Crippen molar-refractivity contribution < 1.29 is 14.2 Å². The number of hydrogen-bond donors (Lipinski definition) is 0. The molecule has 1 aliphatic rings. The van der Waals surface area contributed by atoms with Crippen LogP contribution in [0.4, 0.5) is 0 Å². The van der Waals surface area contributed by atoms with Gasteiger partial charge in [-0.2, -0.15) is 0 Å². The lowest BCUT2D eigenvalue weighted by Gasteiger charge is -2.24. The van der Waals surface area contributed by atoms with Crippen LogP contribution in [-0.4, -0.2) is 19.8 Å². The predicted octanol–water partition coefficient (Wildman–Crippen LogP) is 5.99. The zero-order valence-electron chi connectivity index (χ0n) is 17.2. The van der Waals surface area contributed by atoms with E-state index in [0.717, 1.165) is 24.2 Å². The lowest BCUT2D eigenvalue weighted by molar-refractivity contribution is -0.162. The minimum absolute atomic E-state index is 0.139. The Balaban J connectivity index is 1.55. The third-order valence-corrected chi connectivity index (χ3v) is 5.64. The van der Waals surface area contributed by atoms with Crippen molar-refractivity contribution in [2.75, 3.05) is 13.7 Å². The Bertz CT molecular complexity index is 720. The van der Waals surface area contributed by atoms with Gasteiger partial charge in [0.2, 0.25) is 0 Å². The maximum Gasteiger partial charge on any atom is 0.192 e.